The maximum Gasteiger partial charge on any atom is 0.0389 e. The van der Waals surface area contributed by atoms with Gasteiger partial charge in [-0.2, -0.15) is 0 Å². The summed E-state index contributed by atoms with van der Waals surface area (Å²) in [6, 6.07) is 18.9. The lowest BCUT2D eigenvalue weighted by Crippen LogP contribution is -1.93. The highest BCUT2D eigenvalue weighted by Gasteiger charge is 2.00. The van der Waals surface area contributed by atoms with Crippen molar-refractivity contribution in [2.45, 2.75) is 39.5 Å². The number of unbranched alkanes of at least 4 members (excludes halogenated alkanes) is 2. The van der Waals surface area contributed by atoms with E-state index in [1.807, 2.05) is 6.07 Å². The molecule has 0 nitrogen and oxygen atoms in total. The molecule has 0 bridgehead atoms. The Bertz CT molecular complexity index is 651. The van der Waals surface area contributed by atoms with Crippen molar-refractivity contribution in [2.75, 3.05) is 0 Å². The number of hydrogen-bond acceptors (Lipinski definition) is 0. The van der Waals surface area contributed by atoms with Crippen molar-refractivity contribution in [2.24, 2.45) is 5.92 Å². The summed E-state index contributed by atoms with van der Waals surface area (Å²) in [5, 5.41) is 0. The number of hydrogen-bond donors (Lipinski definition) is 0. The molecule has 118 valence electrons. The van der Waals surface area contributed by atoms with Crippen LogP contribution in [0, 0.1) is 24.7 Å². The molecule has 0 heterocycles. The van der Waals surface area contributed by atoms with Crippen molar-refractivity contribution in [3.63, 3.8) is 0 Å². The molecular weight excluding hydrogens is 276 g/mol. The summed E-state index contributed by atoms with van der Waals surface area (Å²) in [7, 11) is 0. The molecule has 1 atom stereocenters. The topological polar surface area (TPSA) is 0 Å². The average molecular weight is 302 g/mol. The second kappa shape index (κ2) is 9.70. The summed E-state index contributed by atoms with van der Waals surface area (Å²) in [5.41, 5.74) is 3.62. The molecular formula is C23H26. The van der Waals surface area contributed by atoms with Gasteiger partial charge in [0.15, 0.2) is 0 Å². The van der Waals surface area contributed by atoms with Gasteiger partial charge in [-0.3, -0.25) is 0 Å². The Morgan fingerprint density at radius 1 is 0.957 bits per heavy atom. The Kier molecular flexibility index (Phi) is 7.21. The first-order valence-corrected chi connectivity index (χ1v) is 8.59. The first-order chi connectivity index (χ1) is 11.3. The molecule has 0 aliphatic carbocycles. The van der Waals surface area contributed by atoms with Crippen LogP contribution in [0.3, 0.4) is 0 Å². The third kappa shape index (κ3) is 6.57. The molecule has 2 rings (SSSR count). The Labute approximate surface area is 141 Å². The van der Waals surface area contributed by atoms with Crippen LogP contribution in [0.25, 0.3) is 6.08 Å². The highest BCUT2D eigenvalue weighted by Crippen LogP contribution is 2.13. The van der Waals surface area contributed by atoms with E-state index in [4.69, 9.17) is 0 Å². The lowest BCUT2D eigenvalue weighted by molar-refractivity contribution is 0.623. The van der Waals surface area contributed by atoms with Gasteiger partial charge in [-0.15, -0.1) is 0 Å². The van der Waals surface area contributed by atoms with Crippen LogP contribution in [0.2, 0.25) is 0 Å². The third-order valence-corrected chi connectivity index (χ3v) is 3.89. The Morgan fingerprint density at radius 3 is 2.39 bits per heavy atom. The zero-order valence-corrected chi connectivity index (χ0v) is 14.3. The van der Waals surface area contributed by atoms with Crippen LogP contribution in [0.15, 0.2) is 60.7 Å². The van der Waals surface area contributed by atoms with Crippen molar-refractivity contribution >= 4 is 6.08 Å². The zero-order valence-electron chi connectivity index (χ0n) is 14.3. The summed E-state index contributed by atoms with van der Waals surface area (Å²) in [6.45, 7) is 4.35. The lowest BCUT2D eigenvalue weighted by atomic mass is 9.99. The largest absolute Gasteiger partial charge is 0.0903 e. The zero-order chi connectivity index (χ0) is 16.3. The Hall–Kier alpha value is -2.26. The van der Waals surface area contributed by atoms with Crippen molar-refractivity contribution < 1.29 is 0 Å². The molecule has 0 spiro atoms. The van der Waals surface area contributed by atoms with Crippen LogP contribution in [0.4, 0.5) is 0 Å². The number of benzene rings is 2. The van der Waals surface area contributed by atoms with E-state index in [1.165, 1.54) is 30.4 Å². The monoisotopic (exact) mass is 302 g/mol. The number of aryl methyl sites for hydroxylation is 1. The molecule has 0 aliphatic rings. The molecule has 0 aliphatic heterocycles. The standard InChI is InChI=1S/C23H26/c1-3-4-6-9-22(17-16-21-10-7-5-8-11-21)18-19-23-14-12-20(2)13-15-23/h5,7-8,10-17,22H,3-4,6,9H2,1-2H3/b17-16+. The highest BCUT2D eigenvalue weighted by molar-refractivity contribution is 5.50. The van der Waals surface area contributed by atoms with E-state index in [9.17, 15) is 0 Å². The SMILES string of the molecule is CCCCCC(C#Cc1ccc(C)cc1)/C=C/c1ccccc1. The first kappa shape index (κ1) is 17.1. The van der Waals surface area contributed by atoms with E-state index >= 15 is 0 Å². The van der Waals surface area contributed by atoms with E-state index in [-0.39, 0.29) is 0 Å². The fourth-order valence-electron chi connectivity index (χ4n) is 2.44. The number of rotatable bonds is 6. The minimum Gasteiger partial charge on any atom is -0.0903 e. The second-order valence-electron chi connectivity index (χ2n) is 6.01. The summed E-state index contributed by atoms with van der Waals surface area (Å²) < 4.78 is 0. The van der Waals surface area contributed by atoms with Gasteiger partial charge in [0.2, 0.25) is 0 Å². The van der Waals surface area contributed by atoms with Gasteiger partial charge in [0.25, 0.3) is 0 Å². The van der Waals surface area contributed by atoms with Gasteiger partial charge >= 0.3 is 0 Å². The normalized spacial score (nSPS) is 11.9. The molecule has 0 saturated carbocycles. The molecule has 0 heteroatoms. The predicted molar refractivity (Wildman–Crippen MR) is 101 cm³/mol. The van der Waals surface area contributed by atoms with Crippen LogP contribution >= 0.6 is 0 Å². The van der Waals surface area contributed by atoms with Crippen molar-refractivity contribution in [3.05, 3.63) is 77.4 Å². The van der Waals surface area contributed by atoms with Crippen LogP contribution in [0.5, 0.6) is 0 Å². The minimum atomic E-state index is 0.322. The summed E-state index contributed by atoms with van der Waals surface area (Å²) in [4.78, 5) is 0. The van der Waals surface area contributed by atoms with Gasteiger partial charge in [0.1, 0.15) is 0 Å². The van der Waals surface area contributed by atoms with Crippen LogP contribution in [0.1, 0.15) is 49.3 Å². The maximum absolute atomic E-state index is 3.45. The Morgan fingerprint density at radius 2 is 1.70 bits per heavy atom. The summed E-state index contributed by atoms with van der Waals surface area (Å²) >= 11 is 0. The first-order valence-electron chi connectivity index (χ1n) is 8.59. The predicted octanol–water partition coefficient (Wildman–Crippen LogP) is 6.26. The highest BCUT2D eigenvalue weighted by atomic mass is 14.0. The van der Waals surface area contributed by atoms with Crippen LogP contribution < -0.4 is 0 Å². The van der Waals surface area contributed by atoms with E-state index < -0.39 is 0 Å². The second-order valence-corrected chi connectivity index (χ2v) is 6.01. The maximum atomic E-state index is 3.45. The molecule has 2 aromatic carbocycles. The number of allylic oxidation sites excluding steroid dienone is 1. The summed E-state index contributed by atoms with van der Waals surface area (Å²) in [6.07, 6.45) is 9.36. The molecule has 23 heavy (non-hydrogen) atoms. The molecule has 0 saturated heterocycles. The summed E-state index contributed by atoms with van der Waals surface area (Å²) in [5.74, 6) is 7.10. The van der Waals surface area contributed by atoms with Gasteiger partial charge in [-0.25, -0.2) is 0 Å². The average Bonchev–Trinajstić information content (AvgIpc) is 2.59. The van der Waals surface area contributed by atoms with Crippen LogP contribution in [-0.4, -0.2) is 0 Å². The van der Waals surface area contributed by atoms with Crippen molar-refractivity contribution in [1.82, 2.24) is 0 Å². The van der Waals surface area contributed by atoms with Crippen molar-refractivity contribution in [1.29, 1.82) is 0 Å². The molecule has 0 fully saturated rings. The fourth-order valence-corrected chi connectivity index (χ4v) is 2.44. The van der Waals surface area contributed by atoms with Gasteiger partial charge in [0, 0.05) is 11.5 Å². The molecule has 0 N–H and O–H groups in total. The lowest BCUT2D eigenvalue weighted by Gasteiger charge is -2.05. The molecule has 0 amide bonds. The van der Waals surface area contributed by atoms with Crippen LogP contribution in [-0.2, 0) is 0 Å². The Balaban J connectivity index is 2.07. The van der Waals surface area contributed by atoms with Gasteiger partial charge in [0.05, 0.1) is 0 Å². The minimum absolute atomic E-state index is 0.322. The smallest absolute Gasteiger partial charge is 0.0389 e. The van der Waals surface area contributed by atoms with Gasteiger partial charge < -0.3 is 0 Å². The quantitative estimate of drug-likeness (QED) is 0.436. The third-order valence-electron chi connectivity index (χ3n) is 3.89. The van der Waals surface area contributed by atoms with E-state index in [0.29, 0.717) is 5.92 Å². The van der Waals surface area contributed by atoms with Gasteiger partial charge in [-0.05, 0) is 31.0 Å². The fraction of sp³-hybridized carbons (Fsp3) is 0.304. The van der Waals surface area contributed by atoms with E-state index in [2.05, 4.69) is 86.4 Å². The molecule has 0 radical (unpaired) electrons. The van der Waals surface area contributed by atoms with E-state index in [0.717, 1.165) is 12.0 Å². The van der Waals surface area contributed by atoms with Gasteiger partial charge in [-0.1, -0.05) is 98.2 Å². The van der Waals surface area contributed by atoms with Crippen molar-refractivity contribution in [3.8, 4) is 11.8 Å². The molecule has 1 unspecified atom stereocenters. The van der Waals surface area contributed by atoms with E-state index in [1.54, 1.807) is 0 Å². The molecule has 0 aromatic heterocycles. The molecule has 2 aromatic rings.